The van der Waals surface area contributed by atoms with Crippen molar-refractivity contribution >= 4 is 11.0 Å². The first kappa shape index (κ1) is 10.8. The van der Waals surface area contributed by atoms with E-state index in [2.05, 4.69) is 11.6 Å². The molecule has 0 aliphatic heterocycles. The second kappa shape index (κ2) is 4.04. The molecule has 4 heteroatoms. The molecule has 0 spiro atoms. The maximum absolute atomic E-state index is 13.1. The smallest absolute Gasteiger partial charge is 0.161 e. The van der Waals surface area contributed by atoms with Gasteiger partial charge in [0.1, 0.15) is 0 Å². The molecule has 0 fully saturated rings. The summed E-state index contributed by atoms with van der Waals surface area (Å²) in [5.41, 5.74) is 2.13. The highest BCUT2D eigenvalue weighted by molar-refractivity contribution is 5.75. The number of fused-ring (bicyclic) bond motifs is 1. The van der Waals surface area contributed by atoms with Crippen LogP contribution in [0.25, 0.3) is 11.0 Å². The van der Waals surface area contributed by atoms with Gasteiger partial charge in [0.2, 0.25) is 0 Å². The van der Waals surface area contributed by atoms with E-state index in [1.165, 1.54) is 6.07 Å². The Morgan fingerprint density at radius 2 is 2.06 bits per heavy atom. The topological polar surface area (TPSA) is 17.8 Å². The van der Waals surface area contributed by atoms with Crippen LogP contribution in [0.1, 0.15) is 13.3 Å². The summed E-state index contributed by atoms with van der Waals surface area (Å²) in [5, 5.41) is 0. The Morgan fingerprint density at radius 1 is 1.38 bits per heavy atom. The summed E-state index contributed by atoms with van der Waals surface area (Å²) >= 11 is 0. The van der Waals surface area contributed by atoms with Gasteiger partial charge in [-0.05, 0) is 13.3 Å². The second-order valence-electron chi connectivity index (χ2n) is 3.90. The molecule has 0 unspecified atom stereocenters. The van der Waals surface area contributed by atoms with Gasteiger partial charge in [-0.25, -0.2) is 13.8 Å². The van der Waals surface area contributed by atoms with Gasteiger partial charge in [-0.2, -0.15) is 0 Å². The van der Waals surface area contributed by atoms with Crippen molar-refractivity contribution in [1.29, 1.82) is 0 Å². The maximum Gasteiger partial charge on any atom is 0.161 e. The van der Waals surface area contributed by atoms with Gasteiger partial charge in [0.05, 0.1) is 17.4 Å². The Morgan fingerprint density at radius 3 is 2.75 bits per heavy atom. The molecular formula is C12H12F2N2. The summed E-state index contributed by atoms with van der Waals surface area (Å²) in [5.74, 6) is -1.71. The largest absolute Gasteiger partial charge is 0.330 e. The highest BCUT2D eigenvalue weighted by atomic mass is 19.2. The molecule has 0 saturated heterocycles. The van der Waals surface area contributed by atoms with Gasteiger partial charge in [-0.3, -0.25) is 0 Å². The number of halogens is 2. The SMILES string of the molecule is C=C(C)CCn1cnc2cc(F)c(F)cc21. The molecule has 2 nitrogen and oxygen atoms in total. The van der Waals surface area contributed by atoms with Crippen LogP contribution in [-0.4, -0.2) is 9.55 Å². The first-order valence-electron chi connectivity index (χ1n) is 5.02. The van der Waals surface area contributed by atoms with Crippen LogP contribution in [0.3, 0.4) is 0 Å². The van der Waals surface area contributed by atoms with E-state index < -0.39 is 11.6 Å². The Bertz CT molecular complexity index is 543. The summed E-state index contributed by atoms with van der Waals surface area (Å²) < 4.78 is 27.8. The fourth-order valence-electron chi connectivity index (χ4n) is 1.54. The van der Waals surface area contributed by atoms with Crippen molar-refractivity contribution in [3.8, 4) is 0 Å². The van der Waals surface area contributed by atoms with Crippen molar-refractivity contribution in [3.63, 3.8) is 0 Å². The molecule has 0 saturated carbocycles. The van der Waals surface area contributed by atoms with E-state index in [0.29, 0.717) is 17.6 Å². The highest BCUT2D eigenvalue weighted by Gasteiger charge is 2.08. The third kappa shape index (κ3) is 1.96. The van der Waals surface area contributed by atoms with E-state index in [9.17, 15) is 8.78 Å². The number of allylic oxidation sites excluding steroid dienone is 1. The Labute approximate surface area is 92.2 Å². The summed E-state index contributed by atoms with van der Waals surface area (Å²) in [6.07, 6.45) is 2.39. The predicted molar refractivity (Wildman–Crippen MR) is 59.1 cm³/mol. The minimum absolute atomic E-state index is 0.473. The molecule has 84 valence electrons. The zero-order valence-corrected chi connectivity index (χ0v) is 9.00. The third-order valence-electron chi connectivity index (χ3n) is 2.44. The van der Waals surface area contributed by atoms with E-state index >= 15 is 0 Å². The van der Waals surface area contributed by atoms with Crippen LogP contribution < -0.4 is 0 Å². The Kier molecular flexibility index (Phi) is 2.73. The maximum atomic E-state index is 13.1. The molecular weight excluding hydrogens is 210 g/mol. The molecule has 0 atom stereocenters. The summed E-state index contributed by atoms with van der Waals surface area (Å²) in [6, 6.07) is 2.29. The van der Waals surface area contributed by atoms with Crippen LogP contribution in [0.2, 0.25) is 0 Å². The molecule has 1 aromatic carbocycles. The van der Waals surface area contributed by atoms with Crippen molar-refractivity contribution in [2.24, 2.45) is 0 Å². The first-order valence-corrected chi connectivity index (χ1v) is 5.02. The summed E-state index contributed by atoms with van der Waals surface area (Å²) in [4.78, 5) is 4.03. The van der Waals surface area contributed by atoms with Gasteiger partial charge in [-0.1, -0.05) is 5.57 Å². The van der Waals surface area contributed by atoms with Crippen molar-refractivity contribution in [1.82, 2.24) is 9.55 Å². The lowest BCUT2D eigenvalue weighted by Crippen LogP contribution is -1.97. The van der Waals surface area contributed by atoms with Gasteiger partial charge >= 0.3 is 0 Å². The van der Waals surface area contributed by atoms with Crippen molar-refractivity contribution in [2.45, 2.75) is 19.9 Å². The Hall–Kier alpha value is -1.71. The van der Waals surface area contributed by atoms with Crippen molar-refractivity contribution in [2.75, 3.05) is 0 Å². The zero-order chi connectivity index (χ0) is 11.7. The number of rotatable bonds is 3. The van der Waals surface area contributed by atoms with Gasteiger partial charge in [-0.15, -0.1) is 6.58 Å². The molecule has 16 heavy (non-hydrogen) atoms. The van der Waals surface area contributed by atoms with E-state index in [1.54, 1.807) is 10.9 Å². The average molecular weight is 222 g/mol. The monoisotopic (exact) mass is 222 g/mol. The number of benzene rings is 1. The number of aryl methyl sites for hydroxylation is 1. The van der Waals surface area contributed by atoms with Gasteiger partial charge < -0.3 is 4.57 Å². The molecule has 0 amide bonds. The number of hydrogen-bond acceptors (Lipinski definition) is 1. The van der Waals surface area contributed by atoms with E-state index in [-0.39, 0.29) is 0 Å². The molecule has 2 aromatic rings. The number of hydrogen-bond donors (Lipinski definition) is 0. The average Bonchev–Trinajstić information content (AvgIpc) is 2.58. The molecule has 1 aromatic heterocycles. The van der Waals surface area contributed by atoms with Crippen LogP contribution in [0.4, 0.5) is 8.78 Å². The number of aromatic nitrogens is 2. The first-order chi connectivity index (χ1) is 7.58. The molecule has 0 aliphatic carbocycles. The second-order valence-corrected chi connectivity index (χ2v) is 3.90. The lowest BCUT2D eigenvalue weighted by Gasteiger charge is -2.03. The van der Waals surface area contributed by atoms with Gasteiger partial charge in [0.15, 0.2) is 11.6 Å². The van der Waals surface area contributed by atoms with Gasteiger partial charge in [0.25, 0.3) is 0 Å². The van der Waals surface area contributed by atoms with Crippen LogP contribution in [0.15, 0.2) is 30.6 Å². The van der Waals surface area contributed by atoms with E-state index in [1.807, 2.05) is 6.92 Å². The van der Waals surface area contributed by atoms with Crippen LogP contribution in [0, 0.1) is 11.6 Å². The van der Waals surface area contributed by atoms with Crippen molar-refractivity contribution in [3.05, 3.63) is 42.2 Å². The highest BCUT2D eigenvalue weighted by Crippen LogP contribution is 2.18. The fraction of sp³-hybridized carbons (Fsp3) is 0.250. The van der Waals surface area contributed by atoms with Crippen LogP contribution in [-0.2, 0) is 6.54 Å². The minimum Gasteiger partial charge on any atom is -0.330 e. The normalized spacial score (nSPS) is 10.9. The molecule has 1 heterocycles. The lowest BCUT2D eigenvalue weighted by molar-refractivity contribution is 0.510. The molecule has 0 bridgehead atoms. The fourth-order valence-corrected chi connectivity index (χ4v) is 1.54. The third-order valence-corrected chi connectivity index (χ3v) is 2.44. The molecule has 2 rings (SSSR count). The number of imidazole rings is 1. The quantitative estimate of drug-likeness (QED) is 0.729. The molecule has 0 radical (unpaired) electrons. The molecule has 0 aliphatic rings. The van der Waals surface area contributed by atoms with Crippen molar-refractivity contribution < 1.29 is 8.78 Å². The summed E-state index contributed by atoms with van der Waals surface area (Å²) in [6.45, 7) is 6.41. The molecule has 0 N–H and O–H groups in total. The van der Waals surface area contributed by atoms with E-state index in [0.717, 1.165) is 18.1 Å². The standard InChI is InChI=1S/C12H12F2N2/c1-8(2)3-4-16-7-15-11-5-9(13)10(14)6-12(11)16/h5-7H,1,3-4H2,2H3. The van der Waals surface area contributed by atoms with Crippen LogP contribution >= 0.6 is 0 Å². The predicted octanol–water partition coefficient (Wildman–Crippen LogP) is 3.28. The van der Waals surface area contributed by atoms with Gasteiger partial charge in [0, 0.05) is 18.7 Å². The van der Waals surface area contributed by atoms with E-state index in [4.69, 9.17) is 0 Å². The lowest BCUT2D eigenvalue weighted by atomic mass is 10.2. The van der Waals surface area contributed by atoms with Crippen LogP contribution in [0.5, 0.6) is 0 Å². The number of nitrogens with zero attached hydrogens (tertiary/aromatic N) is 2. The zero-order valence-electron chi connectivity index (χ0n) is 9.00. The summed E-state index contributed by atoms with van der Waals surface area (Å²) in [7, 11) is 0. The Balaban J connectivity index is 2.40. The minimum atomic E-state index is -0.863.